The van der Waals surface area contributed by atoms with Gasteiger partial charge in [-0.15, -0.1) is 0 Å². The minimum absolute atomic E-state index is 0.269. The number of rotatable bonds is 15. The third-order valence-corrected chi connectivity index (χ3v) is 10.0. The molecule has 0 heterocycles. The molecule has 0 saturated heterocycles. The normalized spacial score (nSPS) is 16.4. The first-order chi connectivity index (χ1) is 20.1. The summed E-state index contributed by atoms with van der Waals surface area (Å²) in [5, 5.41) is 3.62. The summed E-state index contributed by atoms with van der Waals surface area (Å²) >= 11 is 0. The van der Waals surface area contributed by atoms with E-state index in [0.29, 0.717) is 0 Å². The summed E-state index contributed by atoms with van der Waals surface area (Å²) in [5.41, 5.74) is 11.3. The Morgan fingerprint density at radius 3 is 2.02 bits per heavy atom. The first-order valence-corrected chi connectivity index (χ1v) is 16.5. The summed E-state index contributed by atoms with van der Waals surface area (Å²) in [7, 11) is 0. The smallest absolute Gasteiger partial charge is 0.0386 e. The second kappa shape index (κ2) is 14.2. The van der Waals surface area contributed by atoms with Gasteiger partial charge in [0.1, 0.15) is 0 Å². The van der Waals surface area contributed by atoms with Crippen molar-refractivity contribution < 1.29 is 0 Å². The lowest BCUT2D eigenvalue weighted by Gasteiger charge is -2.29. The van der Waals surface area contributed by atoms with E-state index in [9.17, 15) is 0 Å². The Bertz CT molecular complexity index is 1300. The van der Waals surface area contributed by atoms with Crippen LogP contribution in [-0.4, -0.2) is 0 Å². The van der Waals surface area contributed by atoms with Gasteiger partial charge in [0.25, 0.3) is 0 Å². The van der Waals surface area contributed by atoms with Gasteiger partial charge in [0.15, 0.2) is 0 Å². The number of hydrogen-bond donors (Lipinski definition) is 1. The number of nitrogens with one attached hydrogen (secondary N) is 1. The Hall–Kier alpha value is -3.06. The third kappa shape index (κ3) is 7.82. The maximum absolute atomic E-state index is 3.62. The zero-order valence-electron chi connectivity index (χ0n) is 25.9. The Kier molecular flexibility index (Phi) is 10.2. The number of aryl methyl sites for hydroxylation is 1. The first kappa shape index (κ1) is 29.4. The van der Waals surface area contributed by atoms with Crippen LogP contribution >= 0.6 is 0 Å². The predicted octanol–water partition coefficient (Wildman–Crippen LogP) is 12.1. The summed E-state index contributed by atoms with van der Waals surface area (Å²) in [6.07, 6.45) is 22.2. The van der Waals surface area contributed by atoms with E-state index < -0.39 is 0 Å². The zero-order valence-corrected chi connectivity index (χ0v) is 25.9. The largest absolute Gasteiger partial charge is 0.356 e. The van der Waals surface area contributed by atoms with E-state index in [-0.39, 0.29) is 5.41 Å². The second-order valence-corrected chi connectivity index (χ2v) is 12.8. The van der Waals surface area contributed by atoms with Crippen molar-refractivity contribution in [2.75, 3.05) is 5.32 Å². The third-order valence-electron chi connectivity index (χ3n) is 10.0. The van der Waals surface area contributed by atoms with Crippen molar-refractivity contribution in [3.8, 4) is 11.1 Å². The lowest BCUT2D eigenvalue weighted by Crippen LogP contribution is -2.19. The summed E-state index contributed by atoms with van der Waals surface area (Å²) in [6, 6.07) is 27.0. The maximum atomic E-state index is 3.62. The predicted molar refractivity (Wildman–Crippen MR) is 179 cm³/mol. The molecule has 41 heavy (non-hydrogen) atoms. The van der Waals surface area contributed by atoms with Crippen molar-refractivity contribution in [2.45, 2.75) is 110 Å². The van der Waals surface area contributed by atoms with Crippen LogP contribution in [-0.2, 0) is 11.8 Å². The van der Waals surface area contributed by atoms with Gasteiger partial charge in [-0.3, -0.25) is 0 Å². The van der Waals surface area contributed by atoms with Gasteiger partial charge >= 0.3 is 0 Å². The summed E-state index contributed by atoms with van der Waals surface area (Å²) in [5.74, 6) is 0.827. The fraction of sp³-hybridized carbons (Fsp3) is 0.450. The molecule has 2 aliphatic carbocycles. The maximum Gasteiger partial charge on any atom is 0.0386 e. The van der Waals surface area contributed by atoms with Gasteiger partial charge in [0.2, 0.25) is 0 Å². The molecule has 0 amide bonds. The Morgan fingerprint density at radius 1 is 0.707 bits per heavy atom. The average molecular weight is 546 g/mol. The fourth-order valence-corrected chi connectivity index (χ4v) is 6.57. The lowest BCUT2D eigenvalue weighted by atomic mass is 9.77. The molecule has 0 aromatic heterocycles. The van der Waals surface area contributed by atoms with Gasteiger partial charge in [-0.1, -0.05) is 114 Å². The summed E-state index contributed by atoms with van der Waals surface area (Å²) < 4.78 is 0. The molecule has 5 rings (SSSR count). The van der Waals surface area contributed by atoms with Crippen molar-refractivity contribution in [3.05, 3.63) is 107 Å². The molecule has 0 bridgehead atoms. The van der Waals surface area contributed by atoms with Crippen LogP contribution in [0.1, 0.15) is 109 Å². The lowest BCUT2D eigenvalue weighted by molar-refractivity contribution is 0.439. The molecule has 3 aromatic rings. The number of unbranched alkanes of at least 4 members (excludes halogenated alkanes) is 5. The highest BCUT2D eigenvalue weighted by Crippen LogP contribution is 2.39. The molecule has 3 aromatic carbocycles. The quantitative estimate of drug-likeness (QED) is 0.187. The highest BCUT2D eigenvalue weighted by Gasteiger charge is 2.22. The van der Waals surface area contributed by atoms with Gasteiger partial charge < -0.3 is 5.32 Å². The van der Waals surface area contributed by atoms with E-state index in [1.807, 2.05) is 0 Å². The van der Waals surface area contributed by atoms with E-state index in [4.69, 9.17) is 0 Å². The molecule has 1 atom stereocenters. The van der Waals surface area contributed by atoms with E-state index >= 15 is 0 Å². The molecule has 1 fully saturated rings. The highest BCUT2D eigenvalue weighted by atomic mass is 14.9. The van der Waals surface area contributed by atoms with Crippen molar-refractivity contribution in [1.29, 1.82) is 0 Å². The van der Waals surface area contributed by atoms with Crippen molar-refractivity contribution >= 4 is 11.4 Å². The number of allylic oxidation sites excluding steroid dienone is 4. The van der Waals surface area contributed by atoms with Crippen molar-refractivity contribution in [1.82, 2.24) is 0 Å². The molecule has 1 unspecified atom stereocenters. The fourth-order valence-electron chi connectivity index (χ4n) is 6.57. The van der Waals surface area contributed by atoms with Crippen LogP contribution in [0.25, 0.3) is 11.1 Å². The second-order valence-electron chi connectivity index (χ2n) is 12.8. The minimum Gasteiger partial charge on any atom is -0.356 e. The number of fused-ring (bicyclic) bond motifs is 1. The standard InChI is InChI=1S/C40H51N/c1-4-40(3,5-2)37-25-21-33(22-26-37)34-23-27-38(28-24-34)41-39-16-12-15-31(30-39)13-10-8-6-7-9-11-14-32-17-18-35-19-20-36(35)29-32/h12,15-16,18,21-30,32,41H,4-11,13-14,17,19-20H2,1-3H3. The number of benzene rings is 3. The molecule has 0 aliphatic heterocycles. The number of hydrogen-bond acceptors (Lipinski definition) is 1. The Balaban J connectivity index is 1.01. The van der Waals surface area contributed by atoms with Crippen LogP contribution in [0.5, 0.6) is 0 Å². The molecule has 216 valence electrons. The van der Waals surface area contributed by atoms with Crippen LogP contribution in [0.15, 0.2) is 96.1 Å². The van der Waals surface area contributed by atoms with Crippen LogP contribution < -0.4 is 5.32 Å². The van der Waals surface area contributed by atoms with E-state index in [1.54, 1.807) is 11.1 Å². The average Bonchev–Trinajstić information content (AvgIpc) is 3.00. The topological polar surface area (TPSA) is 12.0 Å². The minimum atomic E-state index is 0.269. The molecule has 1 nitrogen and oxygen atoms in total. The summed E-state index contributed by atoms with van der Waals surface area (Å²) in [6.45, 7) is 6.95. The van der Waals surface area contributed by atoms with Gasteiger partial charge in [-0.05, 0) is 120 Å². The molecular weight excluding hydrogens is 494 g/mol. The van der Waals surface area contributed by atoms with Crippen molar-refractivity contribution in [2.24, 2.45) is 5.92 Å². The van der Waals surface area contributed by atoms with E-state index in [1.165, 1.54) is 111 Å². The van der Waals surface area contributed by atoms with Gasteiger partial charge in [-0.25, -0.2) is 0 Å². The van der Waals surface area contributed by atoms with E-state index in [0.717, 1.165) is 11.6 Å². The van der Waals surface area contributed by atoms with Crippen molar-refractivity contribution in [3.63, 3.8) is 0 Å². The molecular formula is C40H51N. The van der Waals surface area contributed by atoms with E-state index in [2.05, 4.69) is 111 Å². The Labute approximate surface area is 250 Å². The van der Waals surface area contributed by atoms with Gasteiger partial charge in [0, 0.05) is 11.4 Å². The molecule has 1 saturated carbocycles. The van der Waals surface area contributed by atoms with Crippen LogP contribution in [0.3, 0.4) is 0 Å². The van der Waals surface area contributed by atoms with Crippen LogP contribution in [0, 0.1) is 5.92 Å². The zero-order chi connectivity index (χ0) is 28.5. The summed E-state index contributed by atoms with van der Waals surface area (Å²) in [4.78, 5) is 0. The Morgan fingerprint density at radius 2 is 1.37 bits per heavy atom. The van der Waals surface area contributed by atoms with Crippen LogP contribution in [0.2, 0.25) is 0 Å². The molecule has 2 aliphatic rings. The molecule has 0 radical (unpaired) electrons. The highest BCUT2D eigenvalue weighted by molar-refractivity contribution is 5.69. The molecule has 0 spiro atoms. The van der Waals surface area contributed by atoms with Gasteiger partial charge in [-0.2, -0.15) is 0 Å². The van der Waals surface area contributed by atoms with Crippen LogP contribution in [0.4, 0.5) is 11.4 Å². The molecule has 1 N–H and O–H groups in total. The molecule has 1 heteroatoms. The van der Waals surface area contributed by atoms with Gasteiger partial charge in [0.05, 0.1) is 0 Å². The first-order valence-electron chi connectivity index (χ1n) is 16.5. The SMILES string of the molecule is CCC(C)(CC)c1ccc(-c2ccc(Nc3cccc(CCCCCCCCC4C=C5CCC5=CC4)c3)cc2)cc1. The number of anilines is 2. The monoisotopic (exact) mass is 545 g/mol.